The molecule has 2 rings (SSSR count). The zero-order chi connectivity index (χ0) is 11.6. The van der Waals surface area contributed by atoms with Crippen molar-refractivity contribution >= 4 is 17.7 Å². The van der Waals surface area contributed by atoms with E-state index in [1.54, 1.807) is 12.4 Å². The van der Waals surface area contributed by atoms with Crippen molar-refractivity contribution in [3.05, 3.63) is 72.6 Å². The molecule has 0 aliphatic rings. The SMILES string of the molecule is C=Cc1ccccc1CCl.c1ccncc1. The summed E-state index contributed by atoms with van der Waals surface area (Å²) in [6.45, 7) is 3.68. The Morgan fingerprint density at radius 2 is 1.75 bits per heavy atom. The highest BCUT2D eigenvalue weighted by Crippen LogP contribution is 2.11. The summed E-state index contributed by atoms with van der Waals surface area (Å²) in [5.74, 6) is 0.558. The molecule has 2 heteroatoms. The van der Waals surface area contributed by atoms with E-state index in [0.29, 0.717) is 5.88 Å². The first-order chi connectivity index (χ1) is 7.88. The third-order valence-corrected chi connectivity index (χ3v) is 2.27. The van der Waals surface area contributed by atoms with E-state index in [9.17, 15) is 0 Å². The molecule has 2 aromatic rings. The summed E-state index contributed by atoms with van der Waals surface area (Å²) in [5.41, 5.74) is 2.26. The minimum Gasteiger partial charge on any atom is -0.265 e. The topological polar surface area (TPSA) is 12.9 Å². The summed E-state index contributed by atoms with van der Waals surface area (Å²) < 4.78 is 0. The molecule has 0 fully saturated rings. The molecule has 1 aromatic heterocycles. The predicted octanol–water partition coefficient (Wildman–Crippen LogP) is 4.15. The molecule has 82 valence electrons. The van der Waals surface area contributed by atoms with Gasteiger partial charge in [0.2, 0.25) is 0 Å². The lowest BCUT2D eigenvalue weighted by Crippen LogP contribution is -1.81. The lowest BCUT2D eigenvalue weighted by molar-refractivity contribution is 1.33. The minimum absolute atomic E-state index is 0.558. The molecular weight excluding hydrogens is 218 g/mol. The summed E-state index contributed by atoms with van der Waals surface area (Å²) in [7, 11) is 0. The number of alkyl halides is 1. The van der Waals surface area contributed by atoms with Gasteiger partial charge < -0.3 is 0 Å². The van der Waals surface area contributed by atoms with Crippen LogP contribution in [-0.4, -0.2) is 4.98 Å². The average Bonchev–Trinajstić information content (AvgIpc) is 2.41. The molecule has 0 spiro atoms. The first kappa shape index (κ1) is 12.5. The summed E-state index contributed by atoms with van der Waals surface area (Å²) in [4.78, 5) is 3.78. The fourth-order valence-corrected chi connectivity index (χ4v) is 1.41. The van der Waals surface area contributed by atoms with Crippen molar-refractivity contribution < 1.29 is 0 Å². The molecule has 0 amide bonds. The fourth-order valence-electron chi connectivity index (χ4n) is 1.17. The number of aromatic nitrogens is 1. The average molecular weight is 232 g/mol. The van der Waals surface area contributed by atoms with Gasteiger partial charge in [0.05, 0.1) is 0 Å². The van der Waals surface area contributed by atoms with Crippen LogP contribution in [0.15, 0.2) is 61.4 Å². The lowest BCUT2D eigenvalue weighted by Gasteiger charge is -1.98. The number of benzene rings is 1. The smallest absolute Gasteiger partial charge is 0.0479 e. The van der Waals surface area contributed by atoms with E-state index in [0.717, 1.165) is 11.1 Å². The maximum absolute atomic E-state index is 5.66. The van der Waals surface area contributed by atoms with Crippen molar-refractivity contribution in [3.8, 4) is 0 Å². The standard InChI is InChI=1S/C9H9Cl.C5H5N/c1-2-8-5-3-4-6-9(8)7-10;1-2-4-6-5-3-1/h2-6H,1,7H2;1-5H. The Bertz CT molecular complexity index is 385. The molecule has 1 aromatic carbocycles. The van der Waals surface area contributed by atoms with Crippen molar-refractivity contribution in [3.63, 3.8) is 0 Å². The van der Waals surface area contributed by atoms with E-state index in [1.165, 1.54) is 0 Å². The first-order valence-corrected chi connectivity index (χ1v) is 5.53. The highest BCUT2D eigenvalue weighted by molar-refractivity contribution is 6.17. The van der Waals surface area contributed by atoms with Crippen LogP contribution in [0, 0.1) is 0 Å². The Labute approximate surface area is 101 Å². The van der Waals surface area contributed by atoms with Gasteiger partial charge in [0, 0.05) is 18.3 Å². The monoisotopic (exact) mass is 231 g/mol. The Morgan fingerprint density at radius 3 is 2.12 bits per heavy atom. The molecular formula is C14H14ClN. The van der Waals surface area contributed by atoms with Crippen LogP contribution >= 0.6 is 11.6 Å². The largest absolute Gasteiger partial charge is 0.265 e. The van der Waals surface area contributed by atoms with Gasteiger partial charge in [-0.1, -0.05) is 43.0 Å². The van der Waals surface area contributed by atoms with Gasteiger partial charge in [-0.2, -0.15) is 0 Å². The number of pyridine rings is 1. The van der Waals surface area contributed by atoms with E-state index >= 15 is 0 Å². The van der Waals surface area contributed by atoms with E-state index < -0.39 is 0 Å². The third-order valence-electron chi connectivity index (χ3n) is 1.99. The van der Waals surface area contributed by atoms with E-state index in [-0.39, 0.29) is 0 Å². The molecule has 16 heavy (non-hydrogen) atoms. The van der Waals surface area contributed by atoms with Gasteiger partial charge in [0.25, 0.3) is 0 Å². The van der Waals surface area contributed by atoms with Gasteiger partial charge in [-0.15, -0.1) is 11.6 Å². The third kappa shape index (κ3) is 4.28. The highest BCUT2D eigenvalue weighted by atomic mass is 35.5. The second-order valence-electron chi connectivity index (χ2n) is 3.06. The first-order valence-electron chi connectivity index (χ1n) is 4.99. The van der Waals surface area contributed by atoms with Crippen molar-refractivity contribution in [1.29, 1.82) is 0 Å². The van der Waals surface area contributed by atoms with E-state index in [4.69, 9.17) is 11.6 Å². The Balaban J connectivity index is 0.000000181. The van der Waals surface area contributed by atoms with Crippen LogP contribution in [-0.2, 0) is 5.88 Å². The molecule has 0 N–H and O–H groups in total. The molecule has 0 atom stereocenters. The molecule has 0 aliphatic carbocycles. The van der Waals surface area contributed by atoms with Crippen LogP contribution in [0.3, 0.4) is 0 Å². The normalized spacial score (nSPS) is 8.81. The summed E-state index contributed by atoms with van der Waals surface area (Å²) in [5, 5.41) is 0. The van der Waals surface area contributed by atoms with E-state index in [1.807, 2.05) is 48.5 Å². The minimum atomic E-state index is 0.558. The number of hydrogen-bond donors (Lipinski definition) is 0. The zero-order valence-corrected chi connectivity index (χ0v) is 9.77. The van der Waals surface area contributed by atoms with Crippen molar-refractivity contribution in [2.24, 2.45) is 0 Å². The number of nitrogens with zero attached hydrogens (tertiary/aromatic N) is 1. The second-order valence-corrected chi connectivity index (χ2v) is 3.33. The number of halogens is 1. The molecule has 0 radical (unpaired) electrons. The number of hydrogen-bond acceptors (Lipinski definition) is 1. The molecule has 1 nitrogen and oxygen atoms in total. The Hall–Kier alpha value is -1.60. The van der Waals surface area contributed by atoms with Crippen LogP contribution in [0.25, 0.3) is 6.08 Å². The summed E-state index contributed by atoms with van der Waals surface area (Å²) in [6.07, 6.45) is 5.32. The van der Waals surface area contributed by atoms with Crippen LogP contribution < -0.4 is 0 Å². The Kier molecular flexibility index (Phi) is 5.97. The fraction of sp³-hybridized carbons (Fsp3) is 0.0714. The van der Waals surface area contributed by atoms with Gasteiger partial charge in [-0.3, -0.25) is 4.98 Å². The zero-order valence-electron chi connectivity index (χ0n) is 9.01. The molecule has 1 heterocycles. The Morgan fingerprint density at radius 1 is 1.06 bits per heavy atom. The van der Waals surface area contributed by atoms with Crippen LogP contribution in [0.4, 0.5) is 0 Å². The van der Waals surface area contributed by atoms with Crippen LogP contribution in [0.2, 0.25) is 0 Å². The van der Waals surface area contributed by atoms with Gasteiger partial charge in [0.15, 0.2) is 0 Å². The van der Waals surface area contributed by atoms with Crippen molar-refractivity contribution in [2.45, 2.75) is 5.88 Å². The highest BCUT2D eigenvalue weighted by Gasteiger charge is 1.93. The molecule has 0 aliphatic heterocycles. The van der Waals surface area contributed by atoms with Crippen LogP contribution in [0.1, 0.15) is 11.1 Å². The van der Waals surface area contributed by atoms with Gasteiger partial charge in [0.1, 0.15) is 0 Å². The van der Waals surface area contributed by atoms with Gasteiger partial charge >= 0.3 is 0 Å². The predicted molar refractivity (Wildman–Crippen MR) is 70.3 cm³/mol. The summed E-state index contributed by atoms with van der Waals surface area (Å²) in [6, 6.07) is 13.7. The maximum atomic E-state index is 5.66. The molecule has 0 saturated heterocycles. The maximum Gasteiger partial charge on any atom is 0.0479 e. The van der Waals surface area contributed by atoms with E-state index in [2.05, 4.69) is 11.6 Å². The quantitative estimate of drug-likeness (QED) is 0.708. The second kappa shape index (κ2) is 7.66. The van der Waals surface area contributed by atoms with Gasteiger partial charge in [-0.05, 0) is 23.3 Å². The van der Waals surface area contributed by atoms with Gasteiger partial charge in [-0.25, -0.2) is 0 Å². The van der Waals surface area contributed by atoms with Crippen LogP contribution in [0.5, 0.6) is 0 Å². The van der Waals surface area contributed by atoms with Crippen molar-refractivity contribution in [1.82, 2.24) is 4.98 Å². The molecule has 0 saturated carbocycles. The summed E-state index contributed by atoms with van der Waals surface area (Å²) >= 11 is 5.66. The van der Waals surface area contributed by atoms with Crippen molar-refractivity contribution in [2.75, 3.05) is 0 Å². The number of rotatable bonds is 2. The lowest BCUT2D eigenvalue weighted by atomic mass is 10.1. The molecule has 0 bridgehead atoms. The molecule has 0 unspecified atom stereocenters.